The molecule has 21 heavy (non-hydrogen) atoms. The highest BCUT2D eigenvalue weighted by atomic mass is 16.7. The van der Waals surface area contributed by atoms with Gasteiger partial charge in [0.05, 0.1) is 12.8 Å². The molecule has 1 aliphatic rings. The van der Waals surface area contributed by atoms with Crippen molar-refractivity contribution in [3.63, 3.8) is 0 Å². The number of hydrogen-bond donors (Lipinski definition) is 1. The second-order valence-electron chi connectivity index (χ2n) is 4.91. The lowest BCUT2D eigenvalue weighted by Crippen LogP contribution is -2.14. The van der Waals surface area contributed by atoms with E-state index in [1.807, 2.05) is 37.3 Å². The summed E-state index contributed by atoms with van der Waals surface area (Å²) in [5, 5.41) is 3.37. The average molecular weight is 286 g/mol. The standard InChI is InChI=1S/C16H18N2O3/c1-11-4-3-5-13(18-11)9-17-8-12-6-14(19-2)16-15(7-12)20-10-21-16/h3-7,17H,8-10H2,1-2H3. The summed E-state index contributed by atoms with van der Waals surface area (Å²) in [5.41, 5.74) is 3.14. The van der Waals surface area contributed by atoms with Crippen LogP contribution in [0.3, 0.4) is 0 Å². The van der Waals surface area contributed by atoms with Crippen LogP contribution in [0.1, 0.15) is 17.0 Å². The van der Waals surface area contributed by atoms with Crippen LogP contribution in [0.15, 0.2) is 30.3 Å². The molecule has 0 saturated carbocycles. The molecule has 0 aliphatic carbocycles. The summed E-state index contributed by atoms with van der Waals surface area (Å²) >= 11 is 0. The number of aromatic nitrogens is 1. The molecule has 0 spiro atoms. The van der Waals surface area contributed by atoms with Gasteiger partial charge in [0, 0.05) is 18.8 Å². The Hall–Kier alpha value is -2.27. The molecule has 110 valence electrons. The van der Waals surface area contributed by atoms with Gasteiger partial charge in [0.25, 0.3) is 0 Å². The van der Waals surface area contributed by atoms with Gasteiger partial charge in [0.2, 0.25) is 12.5 Å². The van der Waals surface area contributed by atoms with E-state index < -0.39 is 0 Å². The van der Waals surface area contributed by atoms with Crippen molar-refractivity contribution in [2.45, 2.75) is 20.0 Å². The quantitative estimate of drug-likeness (QED) is 0.915. The van der Waals surface area contributed by atoms with Gasteiger partial charge in [-0.3, -0.25) is 4.98 Å². The molecule has 0 atom stereocenters. The van der Waals surface area contributed by atoms with Crippen LogP contribution >= 0.6 is 0 Å². The van der Waals surface area contributed by atoms with Gasteiger partial charge in [0.1, 0.15) is 0 Å². The highest BCUT2D eigenvalue weighted by molar-refractivity contribution is 5.55. The first-order chi connectivity index (χ1) is 10.3. The van der Waals surface area contributed by atoms with Gasteiger partial charge in [-0.05, 0) is 36.8 Å². The molecule has 0 bridgehead atoms. The van der Waals surface area contributed by atoms with E-state index in [1.54, 1.807) is 7.11 Å². The summed E-state index contributed by atoms with van der Waals surface area (Å²) in [4.78, 5) is 4.46. The zero-order chi connectivity index (χ0) is 14.7. The van der Waals surface area contributed by atoms with Crippen molar-refractivity contribution in [3.05, 3.63) is 47.3 Å². The number of nitrogens with zero attached hydrogens (tertiary/aromatic N) is 1. The lowest BCUT2D eigenvalue weighted by atomic mass is 10.2. The molecule has 2 aromatic rings. The minimum absolute atomic E-state index is 0.246. The van der Waals surface area contributed by atoms with Crippen LogP contribution in [-0.2, 0) is 13.1 Å². The van der Waals surface area contributed by atoms with Gasteiger partial charge in [-0.25, -0.2) is 0 Å². The van der Waals surface area contributed by atoms with Crippen LogP contribution in [0.5, 0.6) is 17.2 Å². The fraction of sp³-hybridized carbons (Fsp3) is 0.312. The molecule has 0 amide bonds. The number of pyridine rings is 1. The molecule has 5 heteroatoms. The third-order valence-corrected chi connectivity index (χ3v) is 3.30. The first-order valence-corrected chi connectivity index (χ1v) is 6.86. The number of nitrogens with one attached hydrogen (secondary N) is 1. The fourth-order valence-corrected chi connectivity index (χ4v) is 2.32. The van der Waals surface area contributed by atoms with Crippen molar-refractivity contribution in [1.82, 2.24) is 10.3 Å². The van der Waals surface area contributed by atoms with Crippen molar-refractivity contribution in [2.24, 2.45) is 0 Å². The van der Waals surface area contributed by atoms with E-state index in [-0.39, 0.29) is 6.79 Å². The Labute approximate surface area is 123 Å². The number of methoxy groups -OCH3 is 1. The van der Waals surface area contributed by atoms with Crippen molar-refractivity contribution in [1.29, 1.82) is 0 Å². The summed E-state index contributed by atoms with van der Waals surface area (Å²) in [6.07, 6.45) is 0. The van der Waals surface area contributed by atoms with Crippen LogP contribution in [0.2, 0.25) is 0 Å². The molecule has 1 aliphatic heterocycles. The molecule has 2 heterocycles. The lowest BCUT2D eigenvalue weighted by molar-refractivity contribution is 0.171. The fourth-order valence-electron chi connectivity index (χ4n) is 2.32. The summed E-state index contributed by atoms with van der Waals surface area (Å²) in [5.74, 6) is 2.12. The Kier molecular flexibility index (Phi) is 3.92. The summed E-state index contributed by atoms with van der Waals surface area (Å²) in [6, 6.07) is 9.96. The molecule has 0 radical (unpaired) electrons. The topological polar surface area (TPSA) is 52.6 Å². The van der Waals surface area contributed by atoms with Crippen LogP contribution in [0.25, 0.3) is 0 Å². The molecular weight excluding hydrogens is 268 g/mol. The maximum atomic E-state index is 5.42. The predicted octanol–water partition coefficient (Wildman–Crippen LogP) is 2.42. The number of hydrogen-bond acceptors (Lipinski definition) is 5. The SMILES string of the molecule is COc1cc(CNCc2cccc(C)n2)cc2c1OCO2. The number of rotatable bonds is 5. The molecule has 3 rings (SSSR count). The van der Waals surface area contributed by atoms with Crippen molar-refractivity contribution in [2.75, 3.05) is 13.9 Å². The monoisotopic (exact) mass is 286 g/mol. The van der Waals surface area contributed by atoms with E-state index in [4.69, 9.17) is 14.2 Å². The third kappa shape index (κ3) is 3.08. The minimum Gasteiger partial charge on any atom is -0.493 e. The maximum absolute atomic E-state index is 5.42. The van der Waals surface area contributed by atoms with Gasteiger partial charge in [0.15, 0.2) is 11.5 Å². The maximum Gasteiger partial charge on any atom is 0.231 e. The van der Waals surface area contributed by atoms with Gasteiger partial charge in [-0.15, -0.1) is 0 Å². The number of ether oxygens (including phenoxy) is 3. The number of fused-ring (bicyclic) bond motifs is 1. The zero-order valence-electron chi connectivity index (χ0n) is 12.2. The molecule has 1 aromatic heterocycles. The lowest BCUT2D eigenvalue weighted by Gasteiger charge is -2.09. The van der Waals surface area contributed by atoms with Gasteiger partial charge < -0.3 is 19.5 Å². The van der Waals surface area contributed by atoms with E-state index in [0.717, 1.165) is 29.2 Å². The Morgan fingerprint density at radius 2 is 2.14 bits per heavy atom. The molecule has 1 aromatic carbocycles. The first-order valence-electron chi connectivity index (χ1n) is 6.86. The van der Waals surface area contributed by atoms with Crippen molar-refractivity contribution < 1.29 is 14.2 Å². The Morgan fingerprint density at radius 1 is 1.24 bits per heavy atom. The summed E-state index contributed by atoms with van der Waals surface area (Å²) in [6.45, 7) is 3.67. The molecular formula is C16H18N2O3. The van der Waals surface area contributed by atoms with Crippen LogP contribution < -0.4 is 19.5 Å². The number of aryl methyl sites for hydroxylation is 1. The highest BCUT2D eigenvalue weighted by Crippen LogP contribution is 2.41. The highest BCUT2D eigenvalue weighted by Gasteiger charge is 2.19. The summed E-state index contributed by atoms with van der Waals surface area (Å²) < 4.78 is 16.1. The van der Waals surface area contributed by atoms with Crippen LogP contribution in [0.4, 0.5) is 0 Å². The van der Waals surface area contributed by atoms with Gasteiger partial charge in [-0.2, -0.15) is 0 Å². The predicted molar refractivity (Wildman–Crippen MR) is 78.6 cm³/mol. The first kappa shape index (κ1) is 13.7. The Morgan fingerprint density at radius 3 is 2.95 bits per heavy atom. The molecule has 0 saturated heterocycles. The third-order valence-electron chi connectivity index (χ3n) is 3.30. The van der Waals surface area contributed by atoms with E-state index in [9.17, 15) is 0 Å². The second kappa shape index (κ2) is 6.01. The van der Waals surface area contributed by atoms with E-state index in [0.29, 0.717) is 18.0 Å². The van der Waals surface area contributed by atoms with E-state index >= 15 is 0 Å². The van der Waals surface area contributed by atoms with Gasteiger partial charge in [-0.1, -0.05) is 6.07 Å². The largest absolute Gasteiger partial charge is 0.493 e. The van der Waals surface area contributed by atoms with Crippen LogP contribution in [0, 0.1) is 6.92 Å². The molecule has 5 nitrogen and oxygen atoms in total. The van der Waals surface area contributed by atoms with E-state index in [2.05, 4.69) is 10.3 Å². The zero-order valence-corrected chi connectivity index (χ0v) is 12.2. The Bertz CT molecular complexity index is 643. The molecule has 0 unspecified atom stereocenters. The molecule has 0 fully saturated rings. The van der Waals surface area contributed by atoms with Gasteiger partial charge >= 0.3 is 0 Å². The van der Waals surface area contributed by atoms with E-state index in [1.165, 1.54) is 0 Å². The second-order valence-corrected chi connectivity index (χ2v) is 4.91. The molecule has 1 N–H and O–H groups in total. The van der Waals surface area contributed by atoms with Crippen molar-refractivity contribution in [3.8, 4) is 17.2 Å². The Balaban J connectivity index is 1.66. The average Bonchev–Trinajstić information content (AvgIpc) is 2.95. The van der Waals surface area contributed by atoms with Crippen molar-refractivity contribution >= 4 is 0 Å². The summed E-state index contributed by atoms with van der Waals surface area (Å²) in [7, 11) is 1.63. The minimum atomic E-state index is 0.246. The smallest absolute Gasteiger partial charge is 0.231 e. The normalized spacial score (nSPS) is 12.5. The number of benzene rings is 1. The van der Waals surface area contributed by atoms with Crippen LogP contribution in [-0.4, -0.2) is 18.9 Å².